The van der Waals surface area contributed by atoms with Crippen LogP contribution in [0.3, 0.4) is 0 Å². The molecule has 7 heteroatoms. The van der Waals surface area contributed by atoms with E-state index in [1.165, 1.54) is 19.1 Å². The van der Waals surface area contributed by atoms with E-state index in [0.29, 0.717) is 5.56 Å². The van der Waals surface area contributed by atoms with Crippen molar-refractivity contribution in [2.24, 2.45) is 0 Å². The van der Waals surface area contributed by atoms with E-state index in [-0.39, 0.29) is 22.7 Å². The summed E-state index contributed by atoms with van der Waals surface area (Å²) in [4.78, 5) is 35.2. The molecule has 0 bridgehead atoms. The summed E-state index contributed by atoms with van der Waals surface area (Å²) in [7, 11) is 1.55. The van der Waals surface area contributed by atoms with E-state index in [9.17, 15) is 19.7 Å². The van der Waals surface area contributed by atoms with Gasteiger partial charge in [0.05, 0.1) is 10.5 Å². The van der Waals surface area contributed by atoms with E-state index in [0.717, 1.165) is 17.2 Å². The number of nitro groups is 1. The van der Waals surface area contributed by atoms with Crippen molar-refractivity contribution in [3.63, 3.8) is 0 Å². The quantitative estimate of drug-likeness (QED) is 0.367. The Hall–Kier alpha value is -3.22. The number of ether oxygens (including phenoxy) is 1. The van der Waals surface area contributed by atoms with Gasteiger partial charge in [-0.3, -0.25) is 14.9 Å². The first-order valence-electron chi connectivity index (χ1n) is 8.03. The highest BCUT2D eigenvalue weighted by atomic mass is 16.6. The van der Waals surface area contributed by atoms with Crippen LogP contribution in [0.25, 0.3) is 0 Å². The van der Waals surface area contributed by atoms with Crippen molar-refractivity contribution in [3.8, 4) is 0 Å². The molecule has 0 aliphatic carbocycles. The van der Waals surface area contributed by atoms with Gasteiger partial charge in [-0.2, -0.15) is 0 Å². The Morgan fingerprint density at radius 3 is 2.31 bits per heavy atom. The summed E-state index contributed by atoms with van der Waals surface area (Å²) in [6.45, 7) is 5.31. The maximum atomic E-state index is 12.5. The van der Waals surface area contributed by atoms with Gasteiger partial charge in [-0.1, -0.05) is 12.1 Å². The van der Waals surface area contributed by atoms with Gasteiger partial charge in [-0.05, 0) is 50.1 Å². The first kappa shape index (κ1) is 19.1. The fraction of sp³-hybridized carbons (Fsp3) is 0.263. The maximum absolute atomic E-state index is 12.5. The number of esters is 1. The number of carbonyl (C=O) groups excluding carboxylic acids is 2. The van der Waals surface area contributed by atoms with Crippen LogP contribution in [-0.4, -0.2) is 29.8 Å². The molecule has 0 heterocycles. The molecule has 1 N–H and O–H groups in total. The van der Waals surface area contributed by atoms with Gasteiger partial charge in [-0.25, -0.2) is 4.79 Å². The highest BCUT2D eigenvalue weighted by Crippen LogP contribution is 2.25. The average Bonchev–Trinajstić information content (AvgIpc) is 2.62. The monoisotopic (exact) mass is 356 g/mol. The van der Waals surface area contributed by atoms with Gasteiger partial charge in [0.1, 0.15) is 5.69 Å². The standard InChI is InChI=1S/C19H20N2O5/c1-11-5-6-14(9-12(11)2)18(22)13(3)26-19(23)15-7-8-16(20-4)17(10-15)21(24)25/h5-10,13,20H,1-4H3/t13-/m0/s1. The second-order valence-electron chi connectivity index (χ2n) is 5.95. The lowest BCUT2D eigenvalue weighted by atomic mass is 10.0. The van der Waals surface area contributed by atoms with Gasteiger partial charge in [0.2, 0.25) is 5.78 Å². The summed E-state index contributed by atoms with van der Waals surface area (Å²) < 4.78 is 5.20. The number of ketones is 1. The number of anilines is 1. The molecule has 0 fully saturated rings. The Morgan fingerprint density at radius 1 is 1.08 bits per heavy atom. The van der Waals surface area contributed by atoms with Crippen LogP contribution < -0.4 is 5.32 Å². The number of hydrogen-bond acceptors (Lipinski definition) is 6. The van der Waals surface area contributed by atoms with E-state index in [2.05, 4.69) is 5.32 Å². The van der Waals surface area contributed by atoms with E-state index < -0.39 is 17.0 Å². The average molecular weight is 356 g/mol. The maximum Gasteiger partial charge on any atom is 0.339 e. The molecule has 2 aromatic rings. The number of rotatable bonds is 6. The van der Waals surface area contributed by atoms with Crippen molar-refractivity contribution in [2.75, 3.05) is 12.4 Å². The Balaban J connectivity index is 2.18. The lowest BCUT2D eigenvalue weighted by molar-refractivity contribution is -0.384. The fourth-order valence-corrected chi connectivity index (χ4v) is 2.43. The lowest BCUT2D eigenvalue weighted by Gasteiger charge is -2.13. The SMILES string of the molecule is CNc1ccc(C(=O)O[C@@H](C)C(=O)c2ccc(C)c(C)c2)cc1[N+](=O)[O-]. The van der Waals surface area contributed by atoms with Gasteiger partial charge < -0.3 is 10.1 Å². The largest absolute Gasteiger partial charge is 0.451 e. The molecular formula is C19H20N2O5. The van der Waals surface area contributed by atoms with Crippen molar-refractivity contribution in [2.45, 2.75) is 26.9 Å². The van der Waals surface area contributed by atoms with Crippen molar-refractivity contribution in [1.29, 1.82) is 0 Å². The number of Topliss-reactive ketones (excluding diaryl/α,β-unsaturated/α-hetero) is 1. The lowest BCUT2D eigenvalue weighted by Crippen LogP contribution is -2.24. The predicted octanol–water partition coefficient (Wildman–Crippen LogP) is 3.68. The molecule has 0 saturated carbocycles. The Morgan fingerprint density at radius 2 is 1.73 bits per heavy atom. The van der Waals surface area contributed by atoms with Gasteiger partial charge in [-0.15, -0.1) is 0 Å². The van der Waals surface area contributed by atoms with Crippen LogP contribution in [0.5, 0.6) is 0 Å². The van der Waals surface area contributed by atoms with Crippen LogP contribution in [0, 0.1) is 24.0 Å². The summed E-state index contributed by atoms with van der Waals surface area (Å²) in [6.07, 6.45) is -1.01. The van der Waals surface area contributed by atoms with Gasteiger partial charge in [0.25, 0.3) is 5.69 Å². The van der Waals surface area contributed by atoms with Gasteiger partial charge in [0.15, 0.2) is 6.10 Å². The predicted molar refractivity (Wildman–Crippen MR) is 97.8 cm³/mol. The molecule has 0 aliphatic rings. The molecule has 0 unspecified atom stereocenters. The summed E-state index contributed by atoms with van der Waals surface area (Å²) in [5, 5.41) is 13.8. The smallest absolute Gasteiger partial charge is 0.339 e. The molecule has 0 aromatic heterocycles. The third-order valence-electron chi connectivity index (χ3n) is 4.14. The fourth-order valence-electron chi connectivity index (χ4n) is 2.43. The molecule has 0 saturated heterocycles. The molecule has 7 nitrogen and oxygen atoms in total. The normalized spacial score (nSPS) is 11.5. The molecule has 0 aliphatic heterocycles. The molecule has 136 valence electrons. The van der Waals surface area contributed by atoms with E-state index >= 15 is 0 Å². The minimum atomic E-state index is -1.01. The zero-order valence-electron chi connectivity index (χ0n) is 15.0. The van der Waals surface area contributed by atoms with Crippen LogP contribution >= 0.6 is 0 Å². The zero-order valence-corrected chi connectivity index (χ0v) is 15.0. The van der Waals surface area contributed by atoms with E-state index in [1.54, 1.807) is 19.2 Å². The third-order valence-corrected chi connectivity index (χ3v) is 4.14. The number of hydrogen-bond donors (Lipinski definition) is 1. The number of nitrogens with one attached hydrogen (secondary N) is 1. The molecule has 1 atom stereocenters. The number of aryl methyl sites for hydroxylation is 2. The van der Waals surface area contributed by atoms with Crippen LogP contribution in [0.1, 0.15) is 38.8 Å². The molecule has 0 radical (unpaired) electrons. The van der Waals surface area contributed by atoms with Crippen LogP contribution in [-0.2, 0) is 4.74 Å². The summed E-state index contributed by atoms with van der Waals surface area (Å²) >= 11 is 0. The number of nitrogens with zero attached hydrogens (tertiary/aromatic N) is 1. The molecule has 2 aromatic carbocycles. The first-order chi connectivity index (χ1) is 12.2. The highest BCUT2D eigenvalue weighted by Gasteiger charge is 2.23. The van der Waals surface area contributed by atoms with Crippen molar-refractivity contribution >= 4 is 23.1 Å². The number of benzene rings is 2. The van der Waals surface area contributed by atoms with Crippen molar-refractivity contribution in [3.05, 3.63) is 68.8 Å². The Bertz CT molecular complexity index is 876. The second kappa shape index (κ2) is 7.77. The van der Waals surface area contributed by atoms with E-state index in [1.807, 2.05) is 19.9 Å². The first-order valence-corrected chi connectivity index (χ1v) is 8.03. The zero-order chi connectivity index (χ0) is 19.4. The molecule has 0 spiro atoms. The van der Waals surface area contributed by atoms with Gasteiger partial charge >= 0.3 is 5.97 Å². The number of nitro benzene ring substituents is 1. The summed E-state index contributed by atoms with van der Waals surface area (Å²) in [6, 6.07) is 9.22. The van der Waals surface area contributed by atoms with Gasteiger partial charge in [0, 0.05) is 18.7 Å². The highest BCUT2D eigenvalue weighted by molar-refractivity contribution is 6.01. The molecular weight excluding hydrogens is 336 g/mol. The summed E-state index contributed by atoms with van der Waals surface area (Å²) in [5.41, 5.74) is 2.53. The minimum Gasteiger partial charge on any atom is -0.451 e. The summed E-state index contributed by atoms with van der Waals surface area (Å²) in [5.74, 6) is -1.12. The molecule has 26 heavy (non-hydrogen) atoms. The van der Waals surface area contributed by atoms with Crippen LogP contribution in [0.2, 0.25) is 0 Å². The van der Waals surface area contributed by atoms with Crippen LogP contribution in [0.15, 0.2) is 36.4 Å². The van der Waals surface area contributed by atoms with Crippen LogP contribution in [0.4, 0.5) is 11.4 Å². The minimum absolute atomic E-state index is 0.00966. The van der Waals surface area contributed by atoms with Crippen molar-refractivity contribution < 1.29 is 19.2 Å². The molecule has 0 amide bonds. The number of carbonyl (C=O) groups is 2. The Kier molecular flexibility index (Phi) is 5.71. The second-order valence-corrected chi connectivity index (χ2v) is 5.95. The Labute approximate surface area is 151 Å². The topological polar surface area (TPSA) is 98.5 Å². The van der Waals surface area contributed by atoms with Crippen molar-refractivity contribution in [1.82, 2.24) is 0 Å². The third kappa shape index (κ3) is 4.05. The molecule has 2 rings (SSSR count). The van der Waals surface area contributed by atoms with E-state index in [4.69, 9.17) is 4.74 Å².